The van der Waals surface area contributed by atoms with E-state index >= 15 is 0 Å². The summed E-state index contributed by atoms with van der Waals surface area (Å²) >= 11 is 12.3. The lowest BCUT2D eigenvalue weighted by atomic mass is 10.1. The Kier molecular flexibility index (Phi) is 4.76. The van der Waals surface area contributed by atoms with Crippen LogP contribution >= 0.6 is 23.2 Å². The van der Waals surface area contributed by atoms with Gasteiger partial charge in [-0.05, 0) is 30.7 Å². The highest BCUT2D eigenvalue weighted by Gasteiger charge is 2.14. The second-order valence-electron chi connectivity index (χ2n) is 6.26. The summed E-state index contributed by atoms with van der Waals surface area (Å²) in [5, 5.41) is 1.18. The largest absolute Gasteiger partial charge is 0.339 e. The molecule has 0 aliphatic carbocycles. The Morgan fingerprint density at radius 1 is 1.22 bits per heavy atom. The van der Waals surface area contributed by atoms with E-state index in [1.165, 1.54) is 0 Å². The van der Waals surface area contributed by atoms with Crippen molar-refractivity contribution in [3.63, 3.8) is 0 Å². The summed E-state index contributed by atoms with van der Waals surface area (Å²) in [5.41, 5.74) is 3.43. The molecule has 1 N–H and O–H groups in total. The van der Waals surface area contributed by atoms with E-state index in [2.05, 4.69) is 15.0 Å². The summed E-state index contributed by atoms with van der Waals surface area (Å²) in [6, 6.07) is 7.24. The summed E-state index contributed by atoms with van der Waals surface area (Å²) in [5.74, 6) is 0.712. The quantitative estimate of drug-likeness (QED) is 0.551. The molecule has 0 unspecified atom stereocenters. The number of halogens is 2. The number of pyridine rings is 1. The van der Waals surface area contributed by atoms with Crippen molar-refractivity contribution in [2.45, 2.75) is 26.4 Å². The molecule has 4 rings (SSSR count). The van der Waals surface area contributed by atoms with Gasteiger partial charge >= 0.3 is 5.69 Å². The molecule has 4 aromatic rings. The van der Waals surface area contributed by atoms with Crippen molar-refractivity contribution in [3.05, 3.63) is 80.5 Å². The highest BCUT2D eigenvalue weighted by Crippen LogP contribution is 2.23. The van der Waals surface area contributed by atoms with Gasteiger partial charge in [-0.1, -0.05) is 29.3 Å². The van der Waals surface area contributed by atoms with Crippen molar-refractivity contribution < 1.29 is 0 Å². The monoisotopic (exact) mass is 401 g/mol. The third-order valence-corrected chi connectivity index (χ3v) is 5.07. The minimum Gasteiger partial charge on any atom is -0.339 e. The lowest BCUT2D eigenvalue weighted by Gasteiger charge is -2.06. The van der Waals surface area contributed by atoms with Crippen molar-refractivity contribution in [2.24, 2.45) is 0 Å². The van der Waals surface area contributed by atoms with Crippen molar-refractivity contribution in [2.75, 3.05) is 0 Å². The van der Waals surface area contributed by atoms with Gasteiger partial charge in [-0.2, -0.15) is 0 Å². The molecule has 0 saturated carbocycles. The van der Waals surface area contributed by atoms with Crippen LogP contribution in [0.5, 0.6) is 0 Å². The summed E-state index contributed by atoms with van der Waals surface area (Å²) in [4.78, 5) is 24.6. The number of rotatable bonds is 5. The third kappa shape index (κ3) is 3.50. The Bertz CT molecular complexity index is 1140. The molecule has 0 aliphatic heterocycles. The minimum absolute atomic E-state index is 0.0730. The van der Waals surface area contributed by atoms with Crippen LogP contribution in [0.3, 0.4) is 0 Å². The fourth-order valence-corrected chi connectivity index (χ4v) is 3.66. The summed E-state index contributed by atoms with van der Waals surface area (Å²) in [6.07, 6.45) is 5.83. The zero-order valence-electron chi connectivity index (χ0n) is 14.6. The molecule has 6 nitrogen and oxygen atoms in total. The molecule has 8 heteroatoms. The SMILES string of the molecule is CCn1c(Cc2ccc(Cl)cc2Cl)cn(Cc2nc3ccncc3[nH]2)c1=O. The number of fused-ring (bicyclic) bond motifs is 1. The van der Waals surface area contributed by atoms with Gasteiger partial charge in [0.05, 0.1) is 23.8 Å². The number of imidazole rings is 2. The Morgan fingerprint density at radius 3 is 2.81 bits per heavy atom. The highest BCUT2D eigenvalue weighted by molar-refractivity contribution is 6.35. The lowest BCUT2D eigenvalue weighted by molar-refractivity contribution is 0.646. The Balaban J connectivity index is 1.67. The molecule has 0 atom stereocenters. The van der Waals surface area contributed by atoms with Gasteiger partial charge in [-0.3, -0.25) is 14.1 Å². The molecule has 3 aromatic heterocycles. The third-order valence-electron chi connectivity index (χ3n) is 4.48. The molecule has 0 aliphatic rings. The fourth-order valence-electron chi connectivity index (χ4n) is 3.18. The maximum Gasteiger partial charge on any atom is 0.328 e. The molecule has 3 heterocycles. The number of H-pyrrole nitrogens is 1. The number of hydrogen-bond donors (Lipinski definition) is 1. The molecule has 0 bridgehead atoms. The standard InChI is InChI=1S/C19H17Cl2N5O/c1-2-26-14(7-12-3-4-13(20)8-15(12)21)10-25(19(26)27)11-18-23-16-5-6-22-9-17(16)24-18/h3-6,8-10H,2,7,11H2,1H3,(H,23,24). The topological polar surface area (TPSA) is 68.5 Å². The molecule has 0 spiro atoms. The van der Waals surface area contributed by atoms with Gasteiger partial charge in [0.25, 0.3) is 0 Å². The maximum atomic E-state index is 12.8. The number of aromatic nitrogens is 5. The van der Waals surface area contributed by atoms with Gasteiger partial charge in [0.1, 0.15) is 5.82 Å². The number of hydrogen-bond acceptors (Lipinski definition) is 3. The van der Waals surface area contributed by atoms with Crippen LogP contribution in [-0.2, 0) is 19.5 Å². The van der Waals surface area contributed by atoms with Crippen molar-refractivity contribution in [1.82, 2.24) is 24.1 Å². The smallest absolute Gasteiger partial charge is 0.328 e. The first-order chi connectivity index (χ1) is 13.0. The Hall–Kier alpha value is -2.57. The van der Waals surface area contributed by atoms with E-state index in [0.29, 0.717) is 35.4 Å². The van der Waals surface area contributed by atoms with Crippen LogP contribution in [0.15, 0.2) is 47.7 Å². The number of aromatic amines is 1. The molecular weight excluding hydrogens is 385 g/mol. The summed E-state index contributed by atoms with van der Waals surface area (Å²) in [7, 11) is 0. The molecule has 0 saturated heterocycles. The molecule has 0 fully saturated rings. The van der Waals surface area contributed by atoms with Gasteiger partial charge in [-0.25, -0.2) is 9.78 Å². The fraction of sp³-hybridized carbons (Fsp3) is 0.211. The van der Waals surface area contributed by atoms with Crippen molar-refractivity contribution >= 4 is 34.2 Å². The second kappa shape index (κ2) is 7.21. The van der Waals surface area contributed by atoms with E-state index in [1.54, 1.807) is 33.7 Å². The van der Waals surface area contributed by atoms with Crippen LogP contribution in [-0.4, -0.2) is 24.1 Å². The Morgan fingerprint density at radius 2 is 2.07 bits per heavy atom. The maximum absolute atomic E-state index is 12.8. The minimum atomic E-state index is -0.0730. The van der Waals surface area contributed by atoms with E-state index in [9.17, 15) is 4.79 Å². The first-order valence-corrected chi connectivity index (χ1v) is 9.32. The van der Waals surface area contributed by atoms with E-state index in [-0.39, 0.29) is 5.69 Å². The predicted molar refractivity (Wildman–Crippen MR) is 107 cm³/mol. The average Bonchev–Trinajstić information content (AvgIpc) is 3.18. The average molecular weight is 402 g/mol. The van der Waals surface area contributed by atoms with Gasteiger partial charge < -0.3 is 4.98 Å². The Labute approximate surface area is 165 Å². The van der Waals surface area contributed by atoms with Gasteiger partial charge in [0, 0.05) is 41.1 Å². The van der Waals surface area contributed by atoms with Gasteiger partial charge in [0.15, 0.2) is 0 Å². The lowest BCUT2D eigenvalue weighted by Crippen LogP contribution is -2.25. The van der Waals surface area contributed by atoms with E-state index in [4.69, 9.17) is 23.2 Å². The van der Waals surface area contributed by atoms with Crippen LogP contribution in [0.4, 0.5) is 0 Å². The molecule has 0 amide bonds. The second-order valence-corrected chi connectivity index (χ2v) is 7.11. The molecule has 138 valence electrons. The van der Waals surface area contributed by atoms with Crippen molar-refractivity contribution in [1.29, 1.82) is 0 Å². The van der Waals surface area contributed by atoms with Crippen LogP contribution in [0.2, 0.25) is 10.0 Å². The normalized spacial score (nSPS) is 11.4. The molecule has 0 radical (unpaired) electrons. The summed E-state index contributed by atoms with van der Waals surface area (Å²) < 4.78 is 3.41. The van der Waals surface area contributed by atoms with Crippen LogP contribution in [0, 0.1) is 0 Å². The molecule has 1 aromatic carbocycles. The zero-order chi connectivity index (χ0) is 19.0. The first-order valence-electron chi connectivity index (χ1n) is 8.56. The van der Waals surface area contributed by atoms with E-state index < -0.39 is 0 Å². The number of nitrogens with zero attached hydrogens (tertiary/aromatic N) is 4. The van der Waals surface area contributed by atoms with Crippen LogP contribution in [0.25, 0.3) is 11.0 Å². The zero-order valence-corrected chi connectivity index (χ0v) is 16.1. The first kappa shape index (κ1) is 17.8. The molecule has 27 heavy (non-hydrogen) atoms. The summed E-state index contributed by atoms with van der Waals surface area (Å²) in [6.45, 7) is 2.89. The number of nitrogens with one attached hydrogen (secondary N) is 1. The predicted octanol–water partition coefficient (Wildman–Crippen LogP) is 3.89. The van der Waals surface area contributed by atoms with Gasteiger partial charge in [0.2, 0.25) is 0 Å². The van der Waals surface area contributed by atoms with Crippen LogP contribution < -0.4 is 5.69 Å². The van der Waals surface area contributed by atoms with Crippen LogP contribution in [0.1, 0.15) is 24.0 Å². The van der Waals surface area contributed by atoms with E-state index in [1.807, 2.05) is 25.3 Å². The molecular formula is C19H17Cl2N5O. The highest BCUT2D eigenvalue weighted by atomic mass is 35.5. The van der Waals surface area contributed by atoms with Crippen molar-refractivity contribution in [3.8, 4) is 0 Å². The van der Waals surface area contributed by atoms with Gasteiger partial charge in [-0.15, -0.1) is 0 Å². The number of benzene rings is 1. The van der Waals surface area contributed by atoms with E-state index in [0.717, 1.165) is 22.3 Å².